The van der Waals surface area contributed by atoms with Gasteiger partial charge in [0, 0.05) is 11.3 Å². The van der Waals surface area contributed by atoms with E-state index >= 15 is 0 Å². The number of carbonyl (C=O) groups is 1. The van der Waals surface area contributed by atoms with Gasteiger partial charge in [-0.15, -0.1) is 5.10 Å². The van der Waals surface area contributed by atoms with Crippen LogP contribution in [0.15, 0.2) is 5.16 Å². The fraction of sp³-hybridized carbons (Fsp3) is 0.545. The van der Waals surface area contributed by atoms with E-state index in [9.17, 15) is 4.79 Å². The molecule has 2 heterocycles. The Morgan fingerprint density at radius 3 is 2.95 bits per heavy atom. The zero-order chi connectivity index (χ0) is 14.1. The number of hydrogen-bond donors (Lipinski definition) is 2. The third kappa shape index (κ3) is 2.67. The van der Waals surface area contributed by atoms with Crippen molar-refractivity contribution >= 4 is 23.5 Å². The number of rotatable bonds is 5. The average Bonchev–Trinajstić information content (AvgIpc) is 3.10. The minimum atomic E-state index is -0.116. The van der Waals surface area contributed by atoms with Gasteiger partial charge in [-0.3, -0.25) is 9.89 Å². The summed E-state index contributed by atoms with van der Waals surface area (Å²) in [6.07, 6.45) is 2.22. The molecule has 0 aliphatic heterocycles. The topological polar surface area (TPSA) is 101 Å². The number of nitrogens with zero attached hydrogens (tertiary/aromatic N) is 5. The third-order valence-corrected chi connectivity index (χ3v) is 4.13. The van der Waals surface area contributed by atoms with Crippen molar-refractivity contribution in [2.75, 3.05) is 11.1 Å². The van der Waals surface area contributed by atoms with Gasteiger partial charge in [0.05, 0.1) is 11.8 Å². The fourth-order valence-electron chi connectivity index (χ4n) is 1.73. The summed E-state index contributed by atoms with van der Waals surface area (Å²) in [5, 5.41) is 21.9. The molecule has 0 unspecified atom stereocenters. The SMILES string of the molecule is Cc1[nH]nc(NC(=O)CSc2nnnn2C2CC2)c1C. The second-order valence-corrected chi connectivity index (χ2v) is 5.74. The molecule has 9 heteroatoms. The highest BCUT2D eigenvalue weighted by Gasteiger charge is 2.28. The van der Waals surface area contributed by atoms with E-state index in [2.05, 4.69) is 31.0 Å². The minimum absolute atomic E-state index is 0.116. The number of aromatic amines is 1. The number of nitrogens with one attached hydrogen (secondary N) is 2. The van der Waals surface area contributed by atoms with E-state index < -0.39 is 0 Å². The second-order valence-electron chi connectivity index (χ2n) is 4.80. The third-order valence-electron chi connectivity index (χ3n) is 3.20. The Labute approximate surface area is 119 Å². The van der Waals surface area contributed by atoms with Crippen molar-refractivity contribution in [3.8, 4) is 0 Å². The molecule has 0 atom stereocenters. The van der Waals surface area contributed by atoms with Crippen LogP contribution in [-0.2, 0) is 4.79 Å². The summed E-state index contributed by atoms with van der Waals surface area (Å²) >= 11 is 1.34. The summed E-state index contributed by atoms with van der Waals surface area (Å²) in [7, 11) is 0. The number of tetrazole rings is 1. The van der Waals surface area contributed by atoms with Crippen LogP contribution in [0.5, 0.6) is 0 Å². The van der Waals surface area contributed by atoms with Crippen LogP contribution in [-0.4, -0.2) is 42.1 Å². The molecule has 0 radical (unpaired) electrons. The molecule has 1 fully saturated rings. The Hall–Kier alpha value is -1.90. The lowest BCUT2D eigenvalue weighted by Crippen LogP contribution is -2.15. The molecular weight excluding hydrogens is 278 g/mol. The van der Waals surface area contributed by atoms with Gasteiger partial charge in [0.1, 0.15) is 0 Å². The highest BCUT2D eigenvalue weighted by atomic mass is 32.2. The quantitative estimate of drug-likeness (QED) is 0.800. The van der Waals surface area contributed by atoms with Crippen LogP contribution < -0.4 is 5.32 Å². The number of carbonyl (C=O) groups excluding carboxylic acids is 1. The van der Waals surface area contributed by atoms with Crippen molar-refractivity contribution in [1.29, 1.82) is 0 Å². The average molecular weight is 293 g/mol. The minimum Gasteiger partial charge on any atom is -0.308 e. The van der Waals surface area contributed by atoms with Gasteiger partial charge in [-0.1, -0.05) is 11.8 Å². The van der Waals surface area contributed by atoms with Crippen LogP contribution in [0.25, 0.3) is 0 Å². The van der Waals surface area contributed by atoms with E-state index in [4.69, 9.17) is 0 Å². The molecule has 3 rings (SSSR count). The Bertz CT molecular complexity index is 631. The maximum Gasteiger partial charge on any atom is 0.236 e. The molecule has 1 saturated carbocycles. The van der Waals surface area contributed by atoms with Gasteiger partial charge in [-0.05, 0) is 37.1 Å². The van der Waals surface area contributed by atoms with E-state index in [0.29, 0.717) is 17.0 Å². The molecule has 1 aliphatic carbocycles. The predicted molar refractivity (Wildman–Crippen MR) is 73.5 cm³/mol. The zero-order valence-electron chi connectivity index (χ0n) is 11.3. The van der Waals surface area contributed by atoms with Crippen molar-refractivity contribution in [2.24, 2.45) is 0 Å². The molecule has 106 valence electrons. The highest BCUT2D eigenvalue weighted by Crippen LogP contribution is 2.36. The second kappa shape index (κ2) is 5.23. The van der Waals surface area contributed by atoms with Crippen LogP contribution in [0.1, 0.15) is 30.1 Å². The first-order valence-electron chi connectivity index (χ1n) is 6.37. The van der Waals surface area contributed by atoms with Crippen LogP contribution >= 0.6 is 11.8 Å². The molecule has 1 aliphatic rings. The molecule has 2 N–H and O–H groups in total. The van der Waals surface area contributed by atoms with Crippen molar-refractivity contribution in [1.82, 2.24) is 30.4 Å². The van der Waals surface area contributed by atoms with E-state index in [1.54, 1.807) is 4.68 Å². The highest BCUT2D eigenvalue weighted by molar-refractivity contribution is 7.99. The largest absolute Gasteiger partial charge is 0.308 e. The van der Waals surface area contributed by atoms with Crippen molar-refractivity contribution in [3.63, 3.8) is 0 Å². The number of aromatic nitrogens is 6. The number of aryl methyl sites for hydroxylation is 1. The number of H-pyrrole nitrogens is 1. The zero-order valence-corrected chi connectivity index (χ0v) is 12.1. The molecule has 2 aromatic heterocycles. The van der Waals surface area contributed by atoms with Crippen molar-refractivity contribution in [3.05, 3.63) is 11.3 Å². The van der Waals surface area contributed by atoms with Crippen molar-refractivity contribution < 1.29 is 4.79 Å². The van der Waals surface area contributed by atoms with Crippen LogP contribution in [0, 0.1) is 13.8 Å². The van der Waals surface area contributed by atoms with E-state index in [0.717, 1.165) is 24.1 Å². The predicted octanol–water partition coefficient (Wildman–Crippen LogP) is 1.08. The molecule has 8 nitrogen and oxygen atoms in total. The van der Waals surface area contributed by atoms with Gasteiger partial charge in [0.15, 0.2) is 5.82 Å². The number of hydrogen-bond acceptors (Lipinski definition) is 6. The fourth-order valence-corrected chi connectivity index (χ4v) is 2.48. The van der Waals surface area contributed by atoms with Gasteiger partial charge in [0.2, 0.25) is 11.1 Å². The number of amides is 1. The van der Waals surface area contributed by atoms with Crippen molar-refractivity contribution in [2.45, 2.75) is 37.9 Å². The smallest absolute Gasteiger partial charge is 0.236 e. The molecule has 0 aromatic carbocycles. The normalized spacial score (nSPS) is 14.5. The van der Waals surface area contributed by atoms with Crippen LogP contribution in [0.4, 0.5) is 5.82 Å². The molecule has 20 heavy (non-hydrogen) atoms. The van der Waals surface area contributed by atoms with E-state index in [-0.39, 0.29) is 11.7 Å². The maximum atomic E-state index is 11.9. The number of thioether (sulfide) groups is 1. The molecular formula is C11H15N7OS. The summed E-state index contributed by atoms with van der Waals surface area (Å²) in [6, 6.07) is 0.409. The number of anilines is 1. The molecule has 2 aromatic rings. The first kappa shape index (κ1) is 13.1. The lowest BCUT2D eigenvalue weighted by atomic mass is 10.3. The van der Waals surface area contributed by atoms with Gasteiger partial charge < -0.3 is 5.32 Å². The summed E-state index contributed by atoms with van der Waals surface area (Å²) < 4.78 is 1.79. The molecule has 0 saturated heterocycles. The lowest BCUT2D eigenvalue weighted by molar-refractivity contribution is -0.113. The molecule has 1 amide bonds. The molecule has 0 spiro atoms. The Morgan fingerprint density at radius 2 is 2.30 bits per heavy atom. The van der Waals surface area contributed by atoms with Gasteiger partial charge in [-0.2, -0.15) is 5.10 Å². The molecule has 0 bridgehead atoms. The Balaban J connectivity index is 1.56. The summed E-state index contributed by atoms with van der Waals surface area (Å²) in [5.74, 6) is 0.725. The van der Waals surface area contributed by atoms with E-state index in [1.807, 2.05) is 13.8 Å². The van der Waals surface area contributed by atoms with Gasteiger partial charge in [0.25, 0.3) is 0 Å². The first-order valence-corrected chi connectivity index (χ1v) is 7.36. The van der Waals surface area contributed by atoms with Gasteiger partial charge >= 0.3 is 0 Å². The van der Waals surface area contributed by atoms with Gasteiger partial charge in [-0.25, -0.2) is 4.68 Å². The first-order chi connectivity index (χ1) is 9.65. The summed E-state index contributed by atoms with van der Waals surface area (Å²) in [4.78, 5) is 11.9. The summed E-state index contributed by atoms with van der Waals surface area (Å²) in [5.41, 5.74) is 1.90. The lowest BCUT2D eigenvalue weighted by Gasteiger charge is -2.03. The summed E-state index contributed by atoms with van der Waals surface area (Å²) in [6.45, 7) is 3.83. The van der Waals surface area contributed by atoms with E-state index in [1.165, 1.54) is 11.8 Å². The van der Waals surface area contributed by atoms with Crippen LogP contribution in [0.3, 0.4) is 0 Å². The monoisotopic (exact) mass is 293 g/mol. The maximum absolute atomic E-state index is 11.9. The standard InChI is InChI=1S/C11H15N7OS/c1-6-7(2)13-14-10(6)12-9(19)5-20-11-15-16-17-18(11)8-3-4-8/h8H,3-5H2,1-2H3,(H2,12,13,14,19). The Kier molecular flexibility index (Phi) is 3.43. The van der Waals surface area contributed by atoms with Crippen LogP contribution in [0.2, 0.25) is 0 Å². The Morgan fingerprint density at radius 1 is 1.50 bits per heavy atom.